The Balaban J connectivity index is 1.54. The Morgan fingerprint density at radius 2 is 1.85 bits per heavy atom. The van der Waals surface area contributed by atoms with Gasteiger partial charge < -0.3 is 9.30 Å². The van der Waals surface area contributed by atoms with Crippen LogP contribution < -0.4 is 4.74 Å². The Morgan fingerprint density at radius 1 is 1.08 bits per heavy atom. The maximum atomic E-state index is 8.80. The number of ether oxygens (including phenoxy) is 1. The van der Waals surface area contributed by atoms with E-state index < -0.39 is 0 Å². The van der Waals surface area contributed by atoms with Crippen LogP contribution in [0.3, 0.4) is 0 Å². The quantitative estimate of drug-likeness (QED) is 0.448. The van der Waals surface area contributed by atoms with E-state index in [1.165, 1.54) is 5.56 Å². The van der Waals surface area contributed by atoms with Crippen LogP contribution in [0, 0.1) is 11.3 Å². The first-order valence-corrected chi connectivity index (χ1v) is 9.50. The number of benzene rings is 2. The van der Waals surface area contributed by atoms with Gasteiger partial charge in [0.2, 0.25) is 0 Å². The monoisotopic (exact) mass is 364 g/mol. The van der Waals surface area contributed by atoms with Crippen molar-refractivity contribution in [2.45, 2.75) is 25.0 Å². The lowest BCUT2D eigenvalue weighted by Crippen LogP contribution is -2.06. The van der Waals surface area contributed by atoms with Crippen LogP contribution in [0.4, 0.5) is 0 Å². The van der Waals surface area contributed by atoms with Gasteiger partial charge in [-0.05, 0) is 36.8 Å². The Labute approximate surface area is 157 Å². The first-order chi connectivity index (χ1) is 12.8. The van der Waals surface area contributed by atoms with Crippen LogP contribution in [-0.4, -0.2) is 27.1 Å². The van der Waals surface area contributed by atoms with Crippen LogP contribution in [0.1, 0.15) is 23.9 Å². The molecule has 0 radical (unpaired) electrons. The second-order valence-electron chi connectivity index (χ2n) is 5.64. The lowest BCUT2D eigenvalue weighted by Gasteiger charge is -2.08. The zero-order chi connectivity index (χ0) is 18.2. The third-order valence-corrected chi connectivity index (χ3v) is 4.81. The average Bonchev–Trinajstić information content (AvgIpc) is 3.08. The summed E-state index contributed by atoms with van der Waals surface area (Å²) in [6.45, 7) is 3.52. The molecule has 0 aliphatic heterocycles. The smallest absolute Gasteiger partial charge is 0.191 e. The summed E-state index contributed by atoms with van der Waals surface area (Å²) in [6.07, 6.45) is 0.782. The maximum Gasteiger partial charge on any atom is 0.191 e. The van der Waals surface area contributed by atoms with Crippen molar-refractivity contribution in [3.8, 4) is 11.8 Å². The minimum absolute atomic E-state index is 0.571. The molecule has 1 aromatic heterocycles. The summed E-state index contributed by atoms with van der Waals surface area (Å²) in [6, 6.07) is 19.5. The number of nitriles is 1. The molecule has 0 aliphatic carbocycles. The van der Waals surface area contributed by atoms with Gasteiger partial charge in [0.15, 0.2) is 5.16 Å². The largest absolute Gasteiger partial charge is 0.493 e. The summed E-state index contributed by atoms with van der Waals surface area (Å²) in [5.74, 6) is 2.53. The van der Waals surface area contributed by atoms with Gasteiger partial charge in [-0.15, -0.1) is 10.2 Å². The zero-order valence-electron chi connectivity index (χ0n) is 14.6. The first-order valence-electron chi connectivity index (χ1n) is 8.52. The van der Waals surface area contributed by atoms with E-state index in [1.54, 1.807) is 23.9 Å². The third kappa shape index (κ3) is 4.64. The van der Waals surface area contributed by atoms with Gasteiger partial charge >= 0.3 is 0 Å². The van der Waals surface area contributed by atoms with Crippen molar-refractivity contribution in [3.63, 3.8) is 0 Å². The molecular weight excluding hydrogens is 344 g/mol. The summed E-state index contributed by atoms with van der Waals surface area (Å²) >= 11 is 1.64. The molecule has 0 bridgehead atoms. The fourth-order valence-corrected chi connectivity index (χ4v) is 3.41. The van der Waals surface area contributed by atoms with Crippen molar-refractivity contribution in [1.82, 2.24) is 14.8 Å². The molecule has 0 unspecified atom stereocenters. The molecule has 2 aromatic carbocycles. The fourth-order valence-electron chi connectivity index (χ4n) is 2.57. The van der Waals surface area contributed by atoms with Gasteiger partial charge in [0.25, 0.3) is 0 Å². The molecule has 0 aliphatic rings. The molecule has 6 heteroatoms. The highest BCUT2D eigenvalue weighted by Gasteiger charge is 2.11. The van der Waals surface area contributed by atoms with E-state index in [4.69, 9.17) is 10.00 Å². The van der Waals surface area contributed by atoms with E-state index in [-0.39, 0.29) is 0 Å². The summed E-state index contributed by atoms with van der Waals surface area (Å²) in [7, 11) is 0. The number of aromatic nitrogens is 3. The number of hydrogen-bond donors (Lipinski definition) is 0. The summed E-state index contributed by atoms with van der Waals surface area (Å²) in [4.78, 5) is 0. The molecule has 0 saturated heterocycles. The number of rotatable bonds is 8. The Morgan fingerprint density at radius 3 is 2.54 bits per heavy atom. The van der Waals surface area contributed by atoms with Gasteiger partial charge in [-0.3, -0.25) is 0 Å². The van der Waals surface area contributed by atoms with Crippen molar-refractivity contribution < 1.29 is 4.74 Å². The molecule has 26 heavy (non-hydrogen) atoms. The van der Waals surface area contributed by atoms with E-state index in [0.717, 1.165) is 35.4 Å². The van der Waals surface area contributed by atoms with Gasteiger partial charge in [-0.25, -0.2) is 0 Å². The normalized spacial score (nSPS) is 10.5. The number of thioether (sulfide) groups is 1. The molecule has 3 rings (SSSR count). The molecule has 0 N–H and O–H groups in total. The zero-order valence-corrected chi connectivity index (χ0v) is 15.4. The van der Waals surface area contributed by atoms with E-state index >= 15 is 0 Å². The molecule has 0 saturated carbocycles. The van der Waals surface area contributed by atoms with Crippen molar-refractivity contribution in [1.29, 1.82) is 5.26 Å². The summed E-state index contributed by atoms with van der Waals surface area (Å²) in [5.41, 5.74) is 1.86. The fraction of sp³-hybridized carbons (Fsp3) is 0.250. The average molecular weight is 364 g/mol. The van der Waals surface area contributed by atoms with Gasteiger partial charge in [0, 0.05) is 18.7 Å². The molecule has 3 aromatic rings. The van der Waals surface area contributed by atoms with E-state index in [2.05, 4.69) is 39.9 Å². The van der Waals surface area contributed by atoms with Crippen molar-refractivity contribution in [3.05, 3.63) is 71.5 Å². The van der Waals surface area contributed by atoms with Gasteiger partial charge in [-0.1, -0.05) is 42.1 Å². The van der Waals surface area contributed by atoms with Crippen LogP contribution in [0.5, 0.6) is 5.75 Å². The molecule has 0 spiro atoms. The number of nitrogens with zero attached hydrogens (tertiary/aromatic N) is 4. The van der Waals surface area contributed by atoms with E-state index in [1.807, 2.05) is 30.3 Å². The molecule has 0 atom stereocenters. The van der Waals surface area contributed by atoms with Crippen molar-refractivity contribution in [2.75, 3.05) is 12.4 Å². The lowest BCUT2D eigenvalue weighted by molar-refractivity contribution is 0.344. The predicted octanol–water partition coefficient (Wildman–Crippen LogP) is 3.93. The third-order valence-electron chi connectivity index (χ3n) is 3.88. The minimum Gasteiger partial charge on any atom is -0.493 e. The standard InChI is InChI=1S/C20H20N4OS/c1-2-24-19(14-16-6-4-3-5-7-16)22-23-20(24)26-13-12-25-18-10-8-17(15-21)9-11-18/h3-11H,2,12-14H2,1H3. The molecule has 1 heterocycles. The Bertz CT molecular complexity index is 869. The second-order valence-corrected chi connectivity index (χ2v) is 6.70. The highest BCUT2D eigenvalue weighted by Crippen LogP contribution is 2.19. The molecule has 0 fully saturated rings. The van der Waals surface area contributed by atoms with Crippen LogP contribution in [-0.2, 0) is 13.0 Å². The Kier molecular flexibility index (Phi) is 6.29. The van der Waals surface area contributed by atoms with E-state index in [9.17, 15) is 0 Å². The lowest BCUT2D eigenvalue weighted by atomic mass is 10.1. The molecular formula is C20H20N4OS. The summed E-state index contributed by atoms with van der Waals surface area (Å²) in [5, 5.41) is 18.4. The van der Waals surface area contributed by atoms with Crippen molar-refractivity contribution in [2.24, 2.45) is 0 Å². The minimum atomic E-state index is 0.571. The number of hydrogen-bond acceptors (Lipinski definition) is 5. The van der Waals surface area contributed by atoms with Gasteiger partial charge in [0.1, 0.15) is 11.6 Å². The predicted molar refractivity (Wildman–Crippen MR) is 102 cm³/mol. The second kappa shape index (κ2) is 9.07. The topological polar surface area (TPSA) is 63.7 Å². The summed E-state index contributed by atoms with van der Waals surface area (Å²) < 4.78 is 7.87. The highest BCUT2D eigenvalue weighted by molar-refractivity contribution is 7.99. The van der Waals surface area contributed by atoms with Crippen LogP contribution in [0.2, 0.25) is 0 Å². The van der Waals surface area contributed by atoms with Crippen LogP contribution >= 0.6 is 11.8 Å². The van der Waals surface area contributed by atoms with E-state index in [0.29, 0.717) is 12.2 Å². The maximum absolute atomic E-state index is 8.80. The SMILES string of the molecule is CCn1c(Cc2ccccc2)nnc1SCCOc1ccc(C#N)cc1. The van der Waals surface area contributed by atoms with Crippen LogP contribution in [0.25, 0.3) is 0 Å². The Hall–Kier alpha value is -2.78. The van der Waals surface area contributed by atoms with Gasteiger partial charge in [0.05, 0.1) is 18.2 Å². The molecule has 5 nitrogen and oxygen atoms in total. The first kappa shape index (κ1) is 18.0. The van der Waals surface area contributed by atoms with Crippen LogP contribution in [0.15, 0.2) is 59.8 Å². The van der Waals surface area contributed by atoms with Crippen molar-refractivity contribution >= 4 is 11.8 Å². The highest BCUT2D eigenvalue weighted by atomic mass is 32.2. The molecule has 0 amide bonds. The molecule has 132 valence electrons. The van der Waals surface area contributed by atoms with Gasteiger partial charge in [-0.2, -0.15) is 5.26 Å².